The number of thiophene rings is 1. The lowest BCUT2D eigenvalue weighted by atomic mass is 10.1. The van der Waals surface area contributed by atoms with Gasteiger partial charge in [-0.1, -0.05) is 13.8 Å². The third-order valence-corrected chi connectivity index (χ3v) is 4.79. The van der Waals surface area contributed by atoms with E-state index >= 15 is 0 Å². The van der Waals surface area contributed by atoms with Crippen molar-refractivity contribution in [3.63, 3.8) is 0 Å². The molecule has 0 spiro atoms. The third-order valence-electron chi connectivity index (χ3n) is 4.09. The Balaban J connectivity index is 1.78. The van der Waals surface area contributed by atoms with Gasteiger partial charge in [-0.3, -0.25) is 9.69 Å². The van der Waals surface area contributed by atoms with Gasteiger partial charge in [0, 0.05) is 6.54 Å². The van der Waals surface area contributed by atoms with Crippen LogP contribution in [0.25, 0.3) is 0 Å². The van der Waals surface area contributed by atoms with Crippen molar-refractivity contribution >= 4 is 17.2 Å². The smallest absolute Gasteiger partial charge is 0.234 e. The molecule has 1 aliphatic rings. The first kappa shape index (κ1) is 16.5. The number of hydrogen-bond acceptors (Lipinski definition) is 4. The first-order valence-electron chi connectivity index (χ1n) is 7.98. The fourth-order valence-corrected chi connectivity index (χ4v) is 3.28. The second kappa shape index (κ2) is 8.51. The Hall–Kier alpha value is -0.910. The lowest BCUT2D eigenvalue weighted by molar-refractivity contribution is -0.120. The van der Waals surface area contributed by atoms with Crippen LogP contribution in [-0.2, 0) is 4.79 Å². The largest absolute Gasteiger partial charge is 0.353 e. The summed E-state index contributed by atoms with van der Waals surface area (Å²) in [5, 5.41) is 10.6. The molecule has 4 nitrogen and oxygen atoms in total. The van der Waals surface area contributed by atoms with E-state index in [1.54, 1.807) is 11.3 Å². The standard InChI is InChI=1S/C16H27N3OS/c1-3-19(4-2)15(14-7-8-21-12-14)10-18-16(20)11-17-9-13-5-6-13/h7-8,12-13,15,17H,3-6,9-11H2,1-2H3,(H,18,20). The summed E-state index contributed by atoms with van der Waals surface area (Å²) in [6, 6.07) is 2.43. The maximum atomic E-state index is 11.9. The minimum Gasteiger partial charge on any atom is -0.353 e. The normalized spacial score (nSPS) is 16.1. The molecule has 0 saturated heterocycles. The number of likely N-dealkylation sites (N-methyl/N-ethyl adjacent to an activating group) is 1. The average Bonchev–Trinajstić information content (AvgIpc) is 3.15. The quantitative estimate of drug-likeness (QED) is 0.697. The fourth-order valence-electron chi connectivity index (χ4n) is 2.57. The summed E-state index contributed by atoms with van der Waals surface area (Å²) in [6.07, 6.45) is 2.63. The van der Waals surface area contributed by atoms with Crippen molar-refractivity contribution < 1.29 is 4.79 Å². The molecule has 118 valence electrons. The van der Waals surface area contributed by atoms with Crippen LogP contribution in [0, 0.1) is 5.92 Å². The van der Waals surface area contributed by atoms with Crippen LogP contribution < -0.4 is 10.6 Å². The van der Waals surface area contributed by atoms with Gasteiger partial charge in [-0.05, 0) is 60.8 Å². The average molecular weight is 309 g/mol. The molecule has 21 heavy (non-hydrogen) atoms. The molecule has 1 amide bonds. The number of carbonyl (C=O) groups is 1. The van der Waals surface area contributed by atoms with E-state index in [1.807, 2.05) is 0 Å². The van der Waals surface area contributed by atoms with Crippen LogP contribution in [0.2, 0.25) is 0 Å². The van der Waals surface area contributed by atoms with E-state index in [0.29, 0.717) is 13.1 Å². The number of hydrogen-bond donors (Lipinski definition) is 2. The van der Waals surface area contributed by atoms with E-state index in [2.05, 4.69) is 46.2 Å². The number of amides is 1. The van der Waals surface area contributed by atoms with Crippen LogP contribution in [0.5, 0.6) is 0 Å². The molecule has 1 aromatic heterocycles. The summed E-state index contributed by atoms with van der Waals surface area (Å²) in [7, 11) is 0. The molecule has 0 aromatic carbocycles. The number of nitrogens with one attached hydrogen (secondary N) is 2. The summed E-state index contributed by atoms with van der Waals surface area (Å²) in [5.41, 5.74) is 1.30. The van der Waals surface area contributed by atoms with Gasteiger partial charge in [0.25, 0.3) is 0 Å². The molecule has 1 saturated carbocycles. The summed E-state index contributed by atoms with van der Waals surface area (Å²) in [6.45, 7) is 8.42. The van der Waals surface area contributed by atoms with Crippen LogP contribution in [-0.4, -0.2) is 43.5 Å². The van der Waals surface area contributed by atoms with Crippen LogP contribution in [0.15, 0.2) is 16.8 Å². The lowest BCUT2D eigenvalue weighted by Crippen LogP contribution is -2.41. The molecule has 2 N–H and O–H groups in total. The van der Waals surface area contributed by atoms with Crippen LogP contribution in [0.3, 0.4) is 0 Å². The van der Waals surface area contributed by atoms with Gasteiger partial charge in [-0.2, -0.15) is 11.3 Å². The monoisotopic (exact) mass is 309 g/mol. The van der Waals surface area contributed by atoms with Crippen molar-refractivity contribution in [2.45, 2.75) is 32.7 Å². The first-order valence-corrected chi connectivity index (χ1v) is 8.92. The molecule has 1 aliphatic carbocycles. The van der Waals surface area contributed by atoms with E-state index in [9.17, 15) is 4.79 Å². The predicted molar refractivity (Wildman–Crippen MR) is 88.6 cm³/mol. The van der Waals surface area contributed by atoms with E-state index < -0.39 is 0 Å². The summed E-state index contributed by atoms with van der Waals surface area (Å²) in [4.78, 5) is 14.3. The van der Waals surface area contributed by atoms with Crippen LogP contribution in [0.1, 0.15) is 38.3 Å². The molecule has 1 heterocycles. The summed E-state index contributed by atoms with van der Waals surface area (Å²) >= 11 is 1.71. The highest BCUT2D eigenvalue weighted by Crippen LogP contribution is 2.27. The fraction of sp³-hybridized carbons (Fsp3) is 0.688. The van der Waals surface area contributed by atoms with Crippen molar-refractivity contribution in [1.82, 2.24) is 15.5 Å². The number of rotatable bonds is 10. The highest BCUT2D eigenvalue weighted by molar-refractivity contribution is 7.07. The Labute approximate surface area is 131 Å². The molecular weight excluding hydrogens is 282 g/mol. The molecule has 1 aromatic rings. The van der Waals surface area contributed by atoms with Crippen molar-refractivity contribution in [3.8, 4) is 0 Å². The van der Waals surface area contributed by atoms with E-state index in [1.165, 1.54) is 18.4 Å². The van der Waals surface area contributed by atoms with Gasteiger partial charge in [0.05, 0.1) is 12.6 Å². The lowest BCUT2D eigenvalue weighted by Gasteiger charge is -2.29. The van der Waals surface area contributed by atoms with E-state index in [0.717, 1.165) is 25.6 Å². The molecule has 1 unspecified atom stereocenters. The zero-order valence-corrected chi connectivity index (χ0v) is 13.9. The molecule has 1 fully saturated rings. The Bertz CT molecular complexity index is 413. The van der Waals surface area contributed by atoms with E-state index in [-0.39, 0.29) is 11.9 Å². The highest BCUT2D eigenvalue weighted by atomic mass is 32.1. The van der Waals surface area contributed by atoms with E-state index in [4.69, 9.17) is 0 Å². The van der Waals surface area contributed by atoms with Gasteiger partial charge in [0.2, 0.25) is 5.91 Å². The summed E-state index contributed by atoms with van der Waals surface area (Å²) < 4.78 is 0. The van der Waals surface area contributed by atoms with Crippen molar-refractivity contribution in [2.75, 3.05) is 32.7 Å². The van der Waals surface area contributed by atoms with Gasteiger partial charge in [-0.15, -0.1) is 0 Å². The highest BCUT2D eigenvalue weighted by Gasteiger charge is 2.21. The zero-order chi connectivity index (χ0) is 15.1. The first-order chi connectivity index (χ1) is 10.2. The van der Waals surface area contributed by atoms with Crippen molar-refractivity contribution in [3.05, 3.63) is 22.4 Å². The van der Waals surface area contributed by atoms with Gasteiger partial charge >= 0.3 is 0 Å². The van der Waals surface area contributed by atoms with Crippen LogP contribution >= 0.6 is 11.3 Å². The van der Waals surface area contributed by atoms with Gasteiger partial charge in [-0.25, -0.2) is 0 Å². The molecule has 1 atom stereocenters. The Morgan fingerprint density at radius 1 is 1.43 bits per heavy atom. The predicted octanol–water partition coefficient (Wildman–Crippen LogP) is 2.25. The minimum atomic E-state index is 0.100. The second-order valence-electron chi connectivity index (χ2n) is 5.67. The van der Waals surface area contributed by atoms with Crippen molar-refractivity contribution in [2.24, 2.45) is 5.92 Å². The molecule has 2 rings (SSSR count). The molecule has 0 bridgehead atoms. The number of nitrogens with zero attached hydrogens (tertiary/aromatic N) is 1. The second-order valence-corrected chi connectivity index (χ2v) is 6.45. The van der Waals surface area contributed by atoms with Crippen LogP contribution in [0.4, 0.5) is 0 Å². The summed E-state index contributed by atoms with van der Waals surface area (Å²) in [5.74, 6) is 0.912. The maximum Gasteiger partial charge on any atom is 0.234 e. The molecule has 0 radical (unpaired) electrons. The van der Waals surface area contributed by atoms with Gasteiger partial charge < -0.3 is 10.6 Å². The Morgan fingerprint density at radius 2 is 2.19 bits per heavy atom. The maximum absolute atomic E-state index is 11.9. The molecule has 0 aliphatic heterocycles. The molecule has 5 heteroatoms. The topological polar surface area (TPSA) is 44.4 Å². The van der Waals surface area contributed by atoms with Gasteiger partial charge in [0.15, 0.2) is 0 Å². The zero-order valence-electron chi connectivity index (χ0n) is 13.1. The third kappa shape index (κ3) is 5.41. The minimum absolute atomic E-state index is 0.100. The van der Waals surface area contributed by atoms with Crippen molar-refractivity contribution in [1.29, 1.82) is 0 Å². The Kier molecular flexibility index (Phi) is 6.67. The molecular formula is C16H27N3OS. The number of carbonyl (C=O) groups excluding carboxylic acids is 1. The Morgan fingerprint density at radius 3 is 2.76 bits per heavy atom. The SMILES string of the molecule is CCN(CC)C(CNC(=O)CNCC1CC1)c1ccsc1. The van der Waals surface area contributed by atoms with Gasteiger partial charge in [0.1, 0.15) is 0 Å².